The van der Waals surface area contributed by atoms with Crippen LogP contribution in [0.4, 0.5) is 0 Å². The lowest BCUT2D eigenvalue weighted by Crippen LogP contribution is -2.41. The van der Waals surface area contributed by atoms with E-state index in [1.807, 2.05) is 24.3 Å². The standard InChI is InChI=1S/C24H21N3O4/c28-21(12-11-17-6-5-14-26(31)16-17)25-13-1-2-15-27-23(29)19-9-3-7-18-8-4-10-20(22(18)19)24(27)30/h3-12,14,16H,1-2,13,15H2,(H,25,28)/b12-11-. The van der Waals surface area contributed by atoms with Crippen molar-refractivity contribution in [3.8, 4) is 0 Å². The van der Waals surface area contributed by atoms with E-state index >= 15 is 0 Å². The topological polar surface area (TPSA) is 93.4 Å². The molecule has 2 aromatic carbocycles. The molecule has 0 bridgehead atoms. The van der Waals surface area contributed by atoms with Gasteiger partial charge in [0, 0.05) is 47.3 Å². The molecule has 1 aromatic heterocycles. The third kappa shape index (κ3) is 4.30. The zero-order chi connectivity index (χ0) is 21.8. The highest BCUT2D eigenvalue weighted by atomic mass is 16.5. The van der Waals surface area contributed by atoms with Gasteiger partial charge in [-0.25, -0.2) is 0 Å². The molecule has 0 saturated carbocycles. The lowest BCUT2D eigenvalue weighted by molar-refractivity contribution is -0.605. The summed E-state index contributed by atoms with van der Waals surface area (Å²) in [7, 11) is 0. The van der Waals surface area contributed by atoms with Crippen LogP contribution in [-0.2, 0) is 4.79 Å². The number of carbonyl (C=O) groups is 3. The molecule has 0 radical (unpaired) electrons. The largest absolute Gasteiger partial charge is 0.619 e. The summed E-state index contributed by atoms with van der Waals surface area (Å²) >= 11 is 0. The summed E-state index contributed by atoms with van der Waals surface area (Å²) in [4.78, 5) is 38.9. The molecule has 1 aliphatic heterocycles. The fraction of sp³-hybridized carbons (Fsp3) is 0.167. The van der Waals surface area contributed by atoms with Crippen molar-refractivity contribution in [2.75, 3.05) is 13.1 Å². The minimum atomic E-state index is -0.278. The molecule has 0 fully saturated rings. The van der Waals surface area contributed by atoms with Crippen LogP contribution in [-0.4, -0.2) is 35.7 Å². The van der Waals surface area contributed by atoms with Crippen LogP contribution in [0.5, 0.6) is 0 Å². The van der Waals surface area contributed by atoms with Crippen molar-refractivity contribution >= 4 is 34.6 Å². The van der Waals surface area contributed by atoms with Gasteiger partial charge in [0.05, 0.1) is 0 Å². The highest BCUT2D eigenvalue weighted by molar-refractivity contribution is 6.25. The van der Waals surface area contributed by atoms with Gasteiger partial charge < -0.3 is 10.5 Å². The quantitative estimate of drug-likeness (QED) is 0.211. The molecule has 0 atom stereocenters. The number of aromatic nitrogens is 1. The summed E-state index contributed by atoms with van der Waals surface area (Å²) in [6.07, 6.45) is 6.86. The first kappa shape index (κ1) is 20.3. The van der Waals surface area contributed by atoms with E-state index in [2.05, 4.69) is 5.32 Å². The van der Waals surface area contributed by atoms with Gasteiger partial charge in [-0.3, -0.25) is 19.3 Å². The van der Waals surface area contributed by atoms with Crippen molar-refractivity contribution in [1.29, 1.82) is 0 Å². The van der Waals surface area contributed by atoms with Gasteiger partial charge in [-0.2, -0.15) is 4.73 Å². The van der Waals surface area contributed by atoms with E-state index in [9.17, 15) is 19.6 Å². The Labute approximate surface area is 179 Å². The summed E-state index contributed by atoms with van der Waals surface area (Å²) in [5, 5.41) is 15.6. The van der Waals surface area contributed by atoms with Crippen LogP contribution in [0.3, 0.4) is 0 Å². The summed E-state index contributed by atoms with van der Waals surface area (Å²) in [5.41, 5.74) is 1.72. The first-order chi connectivity index (χ1) is 15.0. The van der Waals surface area contributed by atoms with Gasteiger partial charge in [-0.15, -0.1) is 0 Å². The number of imide groups is 1. The van der Waals surface area contributed by atoms with E-state index in [1.54, 1.807) is 30.3 Å². The van der Waals surface area contributed by atoms with Crippen LogP contribution < -0.4 is 10.0 Å². The predicted molar refractivity (Wildman–Crippen MR) is 116 cm³/mol. The number of benzene rings is 2. The second kappa shape index (κ2) is 8.79. The minimum absolute atomic E-state index is 0.271. The monoisotopic (exact) mass is 415 g/mol. The average molecular weight is 415 g/mol. The highest BCUT2D eigenvalue weighted by Gasteiger charge is 2.31. The van der Waals surface area contributed by atoms with Gasteiger partial charge >= 0.3 is 0 Å². The normalized spacial score (nSPS) is 13.2. The smallest absolute Gasteiger partial charge is 0.261 e. The maximum atomic E-state index is 12.8. The zero-order valence-electron chi connectivity index (χ0n) is 16.8. The van der Waals surface area contributed by atoms with E-state index in [0.717, 1.165) is 10.8 Å². The fourth-order valence-corrected chi connectivity index (χ4v) is 3.69. The molecule has 31 heavy (non-hydrogen) atoms. The second-order valence-electron chi connectivity index (χ2n) is 7.30. The van der Waals surface area contributed by atoms with E-state index in [-0.39, 0.29) is 17.7 Å². The van der Waals surface area contributed by atoms with E-state index < -0.39 is 0 Å². The summed E-state index contributed by atoms with van der Waals surface area (Å²) in [6, 6.07) is 14.3. The first-order valence-electron chi connectivity index (χ1n) is 10.1. The van der Waals surface area contributed by atoms with Gasteiger partial charge in [-0.1, -0.05) is 24.3 Å². The first-order valence-corrected chi connectivity index (χ1v) is 10.1. The minimum Gasteiger partial charge on any atom is -0.619 e. The Morgan fingerprint density at radius 1 is 1.00 bits per heavy atom. The number of amides is 3. The van der Waals surface area contributed by atoms with Gasteiger partial charge in [0.2, 0.25) is 5.91 Å². The van der Waals surface area contributed by atoms with E-state index in [1.165, 1.54) is 23.4 Å². The molecule has 1 aliphatic rings. The summed E-state index contributed by atoms with van der Waals surface area (Å²) < 4.78 is 0.666. The number of nitrogens with zero attached hydrogens (tertiary/aromatic N) is 2. The lowest BCUT2D eigenvalue weighted by atomic mass is 9.94. The molecule has 3 amide bonds. The van der Waals surface area contributed by atoms with E-state index in [0.29, 0.717) is 47.4 Å². The molecular formula is C24H21N3O4. The number of hydrogen-bond donors (Lipinski definition) is 1. The summed E-state index contributed by atoms with van der Waals surface area (Å²) in [5.74, 6) is -0.827. The second-order valence-corrected chi connectivity index (χ2v) is 7.30. The van der Waals surface area contributed by atoms with Crippen LogP contribution in [0.15, 0.2) is 67.0 Å². The average Bonchev–Trinajstić information content (AvgIpc) is 2.77. The molecular weight excluding hydrogens is 394 g/mol. The predicted octanol–water partition coefficient (Wildman–Crippen LogP) is 2.68. The fourth-order valence-electron chi connectivity index (χ4n) is 3.69. The van der Waals surface area contributed by atoms with Crippen molar-refractivity contribution in [3.05, 3.63) is 88.9 Å². The molecule has 0 spiro atoms. The van der Waals surface area contributed by atoms with Crippen molar-refractivity contribution in [2.24, 2.45) is 0 Å². The number of nitrogens with one attached hydrogen (secondary N) is 1. The Balaban J connectivity index is 1.29. The van der Waals surface area contributed by atoms with Crippen molar-refractivity contribution in [1.82, 2.24) is 10.2 Å². The Morgan fingerprint density at radius 2 is 1.71 bits per heavy atom. The lowest BCUT2D eigenvalue weighted by Gasteiger charge is -2.27. The Hall–Kier alpha value is -4.00. The summed E-state index contributed by atoms with van der Waals surface area (Å²) in [6.45, 7) is 0.712. The molecule has 1 N–H and O–H groups in total. The molecule has 0 aliphatic carbocycles. The Kier molecular flexibility index (Phi) is 5.75. The van der Waals surface area contributed by atoms with Gasteiger partial charge in [0.1, 0.15) is 0 Å². The van der Waals surface area contributed by atoms with Crippen molar-refractivity contribution in [2.45, 2.75) is 12.8 Å². The van der Waals surface area contributed by atoms with Crippen LogP contribution >= 0.6 is 0 Å². The Bertz CT molecular complexity index is 1150. The molecule has 7 nitrogen and oxygen atoms in total. The molecule has 156 valence electrons. The maximum Gasteiger partial charge on any atom is 0.261 e. The number of pyridine rings is 1. The molecule has 4 rings (SSSR count). The number of unbranched alkanes of at least 4 members (excludes halogenated alkanes) is 1. The number of carbonyl (C=O) groups excluding carboxylic acids is 3. The molecule has 0 unspecified atom stereocenters. The molecule has 3 aromatic rings. The Morgan fingerprint density at radius 3 is 2.39 bits per heavy atom. The van der Waals surface area contributed by atoms with Gasteiger partial charge in [-0.05, 0) is 42.5 Å². The molecule has 2 heterocycles. The van der Waals surface area contributed by atoms with Crippen LogP contribution in [0.25, 0.3) is 16.8 Å². The van der Waals surface area contributed by atoms with Crippen molar-refractivity contribution < 1.29 is 19.1 Å². The SMILES string of the molecule is O=C(/C=C\c1ccc[n+]([O-])c1)NCCCCN1C(=O)c2cccc3cccc(c23)C1=O. The third-order valence-electron chi connectivity index (χ3n) is 5.19. The van der Waals surface area contributed by atoms with E-state index in [4.69, 9.17) is 0 Å². The number of hydrogen-bond acceptors (Lipinski definition) is 4. The molecule has 0 saturated heterocycles. The van der Waals surface area contributed by atoms with Crippen LogP contribution in [0.2, 0.25) is 0 Å². The van der Waals surface area contributed by atoms with Gasteiger partial charge in [0.25, 0.3) is 11.8 Å². The van der Waals surface area contributed by atoms with Crippen LogP contribution in [0, 0.1) is 5.21 Å². The highest BCUT2D eigenvalue weighted by Crippen LogP contribution is 2.29. The maximum absolute atomic E-state index is 12.8. The third-order valence-corrected chi connectivity index (χ3v) is 5.19. The van der Waals surface area contributed by atoms with Crippen molar-refractivity contribution in [3.63, 3.8) is 0 Å². The zero-order valence-corrected chi connectivity index (χ0v) is 16.8. The van der Waals surface area contributed by atoms with Gasteiger partial charge in [0.15, 0.2) is 12.4 Å². The molecule has 7 heteroatoms. The number of rotatable bonds is 7. The van der Waals surface area contributed by atoms with Crippen LogP contribution in [0.1, 0.15) is 39.1 Å².